The van der Waals surface area contributed by atoms with Crippen LogP contribution < -0.4 is 15.1 Å². The molecule has 1 aromatic carbocycles. The Bertz CT molecular complexity index is 2060. The summed E-state index contributed by atoms with van der Waals surface area (Å²) in [4.78, 5) is 46.4. The molecule has 12 nitrogen and oxygen atoms in total. The summed E-state index contributed by atoms with van der Waals surface area (Å²) in [7, 11) is 2.13. The summed E-state index contributed by atoms with van der Waals surface area (Å²) >= 11 is 0. The fourth-order valence-electron chi connectivity index (χ4n) is 7.26. The molecule has 8 rings (SSSR count). The minimum atomic E-state index is -0.534. The number of esters is 1. The summed E-state index contributed by atoms with van der Waals surface area (Å²) < 4.78 is 25.1. The van der Waals surface area contributed by atoms with Crippen LogP contribution in [0.25, 0.3) is 16.9 Å². The van der Waals surface area contributed by atoms with E-state index in [4.69, 9.17) is 9.72 Å². The summed E-state index contributed by atoms with van der Waals surface area (Å²) in [6, 6.07) is 8.65. The number of amides is 1. The van der Waals surface area contributed by atoms with Crippen molar-refractivity contribution in [3.63, 3.8) is 0 Å². The Hall–Kier alpha value is -5.30. The van der Waals surface area contributed by atoms with Gasteiger partial charge in [-0.05, 0) is 68.6 Å². The zero-order valence-corrected chi connectivity index (χ0v) is 27.7. The van der Waals surface area contributed by atoms with Crippen molar-refractivity contribution in [3.8, 4) is 11.3 Å². The molecule has 1 N–H and O–H groups in total. The van der Waals surface area contributed by atoms with Crippen molar-refractivity contribution in [3.05, 3.63) is 83.5 Å². The highest BCUT2D eigenvalue weighted by molar-refractivity contribution is 6.07. The van der Waals surface area contributed by atoms with Crippen molar-refractivity contribution in [2.24, 2.45) is 0 Å². The number of anilines is 4. The van der Waals surface area contributed by atoms with Crippen LogP contribution in [0.2, 0.25) is 0 Å². The molecule has 5 aromatic rings. The van der Waals surface area contributed by atoms with E-state index in [1.165, 1.54) is 30.3 Å². The molecule has 1 saturated heterocycles. The number of hydrogen-bond donors (Lipinski definition) is 1. The van der Waals surface area contributed by atoms with Crippen LogP contribution in [0.5, 0.6) is 0 Å². The van der Waals surface area contributed by atoms with E-state index in [-0.39, 0.29) is 12.5 Å². The number of aryl methyl sites for hydroxylation is 1. The summed E-state index contributed by atoms with van der Waals surface area (Å²) in [6.07, 6.45) is 11.2. The third-order valence-corrected chi connectivity index (χ3v) is 9.83. The van der Waals surface area contributed by atoms with Crippen LogP contribution in [0, 0.1) is 5.82 Å². The highest BCUT2D eigenvalue weighted by Gasteiger charge is 2.32. The lowest BCUT2D eigenvalue weighted by Crippen LogP contribution is -2.44. The number of hydrogen-bond acceptors (Lipinski definition) is 9. The van der Waals surface area contributed by atoms with Crippen LogP contribution in [-0.2, 0) is 35.5 Å². The Morgan fingerprint density at radius 1 is 1.02 bits per heavy atom. The lowest BCUT2D eigenvalue weighted by atomic mass is 9.98. The number of carbonyl (C=O) groups excluding carboxylic acids is 2. The first kappa shape index (κ1) is 31.0. The molecule has 13 heteroatoms. The molecular formula is C36H38FN9O3. The normalized spacial score (nSPS) is 16.5. The van der Waals surface area contributed by atoms with Crippen molar-refractivity contribution >= 4 is 40.5 Å². The van der Waals surface area contributed by atoms with Gasteiger partial charge in [-0.15, -0.1) is 0 Å². The zero-order valence-electron chi connectivity index (χ0n) is 27.7. The number of rotatable bonds is 7. The molecule has 0 unspecified atom stereocenters. The highest BCUT2D eigenvalue weighted by atomic mass is 19.1. The number of fused-ring (bicyclic) bond motifs is 4. The van der Waals surface area contributed by atoms with E-state index < -0.39 is 11.8 Å². The molecule has 0 saturated carbocycles. The second kappa shape index (κ2) is 12.6. The number of pyridine rings is 1. The fourth-order valence-corrected chi connectivity index (χ4v) is 7.26. The zero-order chi connectivity index (χ0) is 33.6. The predicted molar refractivity (Wildman–Crippen MR) is 184 cm³/mol. The van der Waals surface area contributed by atoms with Crippen molar-refractivity contribution in [1.82, 2.24) is 28.8 Å². The van der Waals surface area contributed by atoms with Crippen LogP contribution in [0.3, 0.4) is 0 Å². The topological polar surface area (TPSA) is 113 Å². The predicted octanol–water partition coefficient (Wildman–Crippen LogP) is 4.83. The maximum absolute atomic E-state index is 15.6. The van der Waals surface area contributed by atoms with E-state index in [1.54, 1.807) is 27.9 Å². The number of likely N-dealkylation sites (N-methyl/N-ethyl adjacent to an activating group) is 1. The second-order valence-electron chi connectivity index (χ2n) is 13.0. The molecule has 0 radical (unpaired) electrons. The van der Waals surface area contributed by atoms with E-state index in [2.05, 4.69) is 36.7 Å². The molecule has 252 valence electrons. The van der Waals surface area contributed by atoms with E-state index in [0.29, 0.717) is 58.6 Å². The van der Waals surface area contributed by atoms with Gasteiger partial charge in [0, 0.05) is 81.6 Å². The molecule has 4 aromatic heterocycles. The third-order valence-electron chi connectivity index (χ3n) is 9.83. The van der Waals surface area contributed by atoms with Gasteiger partial charge in [-0.2, -0.15) is 0 Å². The maximum Gasteiger partial charge on any atom is 0.302 e. The first-order valence-corrected chi connectivity index (χ1v) is 16.8. The SMILES string of the molecule is CC(=O)OCc1c(-c2cn3ccnc3c(Nc3ccc(N4CCN(C)CC4)cn3)n2)cc(F)cc1N1CCn2c(cc3c2CCCC3)C1=O. The number of piperazine rings is 1. The smallest absolute Gasteiger partial charge is 0.302 e. The molecule has 0 atom stereocenters. The van der Waals surface area contributed by atoms with Gasteiger partial charge in [-0.3, -0.25) is 9.59 Å². The molecule has 1 fully saturated rings. The van der Waals surface area contributed by atoms with Gasteiger partial charge < -0.3 is 33.7 Å². The Kier molecular flexibility index (Phi) is 7.98. The van der Waals surface area contributed by atoms with Crippen LogP contribution in [0.15, 0.2) is 55.1 Å². The number of ether oxygens (including phenoxy) is 1. The molecule has 6 heterocycles. The van der Waals surface area contributed by atoms with Gasteiger partial charge in [0.2, 0.25) is 0 Å². The van der Waals surface area contributed by atoms with Crippen molar-refractivity contribution < 1.29 is 18.7 Å². The molecule has 0 spiro atoms. The Morgan fingerprint density at radius 2 is 1.86 bits per heavy atom. The molecule has 3 aliphatic rings. The van der Waals surface area contributed by atoms with Crippen molar-refractivity contribution in [2.45, 2.75) is 45.8 Å². The largest absolute Gasteiger partial charge is 0.461 e. The van der Waals surface area contributed by atoms with Gasteiger partial charge in [0.05, 0.1) is 23.3 Å². The van der Waals surface area contributed by atoms with Crippen LogP contribution in [0.4, 0.5) is 27.4 Å². The number of benzene rings is 1. The van der Waals surface area contributed by atoms with Gasteiger partial charge in [0.1, 0.15) is 23.9 Å². The van der Waals surface area contributed by atoms with Crippen LogP contribution in [-0.4, -0.2) is 80.5 Å². The summed E-state index contributed by atoms with van der Waals surface area (Å²) in [5.41, 5.74) is 6.33. The molecular weight excluding hydrogens is 625 g/mol. The molecule has 2 aliphatic heterocycles. The van der Waals surface area contributed by atoms with E-state index >= 15 is 4.39 Å². The number of nitrogens with zero attached hydrogens (tertiary/aromatic N) is 8. The minimum absolute atomic E-state index is 0.163. The lowest BCUT2D eigenvalue weighted by molar-refractivity contribution is -0.142. The standard InChI is InChI=1S/C36H38FN9O3/c1-23(47)49-22-28-27(18-25(37)19-31(28)46-16-15-45-30-6-4-3-5-24(30)17-32(45)36(46)48)29-21-44-10-9-38-35(44)34(40-29)41-33-8-7-26(20-39-33)43-13-11-42(2)12-14-43/h7-10,17-21H,3-6,11-16,22H2,1-2H3,(H,39,40,41). The number of aromatic nitrogens is 5. The minimum Gasteiger partial charge on any atom is -0.461 e. The molecule has 0 bridgehead atoms. The Labute approximate surface area is 283 Å². The Balaban J connectivity index is 1.16. The quantitative estimate of drug-likeness (QED) is 0.245. The number of nitrogens with one attached hydrogen (secondary N) is 1. The van der Waals surface area contributed by atoms with Gasteiger partial charge in [0.15, 0.2) is 11.5 Å². The summed E-state index contributed by atoms with van der Waals surface area (Å²) in [6.45, 7) is 5.99. The first-order valence-electron chi connectivity index (χ1n) is 16.8. The number of halogens is 1. The van der Waals surface area contributed by atoms with Crippen LogP contribution in [0.1, 0.15) is 47.1 Å². The van der Waals surface area contributed by atoms with Gasteiger partial charge in [-0.1, -0.05) is 0 Å². The maximum atomic E-state index is 15.6. The lowest BCUT2D eigenvalue weighted by Gasteiger charge is -2.33. The molecule has 1 amide bonds. The van der Waals surface area contributed by atoms with E-state index in [0.717, 1.165) is 57.5 Å². The van der Waals surface area contributed by atoms with Crippen LogP contribution >= 0.6 is 0 Å². The van der Waals surface area contributed by atoms with Gasteiger partial charge in [-0.25, -0.2) is 19.3 Å². The number of imidazole rings is 1. The summed E-state index contributed by atoms with van der Waals surface area (Å²) in [5.74, 6) is -0.221. The molecule has 1 aliphatic carbocycles. The summed E-state index contributed by atoms with van der Waals surface area (Å²) in [5, 5.41) is 3.31. The number of carbonyl (C=O) groups is 2. The van der Waals surface area contributed by atoms with E-state index in [9.17, 15) is 9.59 Å². The average molecular weight is 664 g/mol. The van der Waals surface area contributed by atoms with E-state index in [1.807, 2.05) is 24.4 Å². The van der Waals surface area contributed by atoms with Crippen molar-refractivity contribution in [2.75, 3.05) is 54.9 Å². The average Bonchev–Trinajstić information content (AvgIpc) is 3.74. The monoisotopic (exact) mass is 663 g/mol. The fraction of sp³-hybridized carbons (Fsp3) is 0.361. The van der Waals surface area contributed by atoms with Gasteiger partial charge in [0.25, 0.3) is 5.91 Å². The van der Waals surface area contributed by atoms with Crippen molar-refractivity contribution in [1.29, 1.82) is 0 Å². The Morgan fingerprint density at radius 3 is 2.65 bits per heavy atom. The second-order valence-corrected chi connectivity index (χ2v) is 13.0. The van der Waals surface area contributed by atoms with Gasteiger partial charge >= 0.3 is 5.97 Å². The first-order chi connectivity index (χ1) is 23.8. The molecule has 49 heavy (non-hydrogen) atoms. The highest BCUT2D eigenvalue weighted by Crippen LogP contribution is 2.37. The third kappa shape index (κ3) is 5.88.